The second-order valence-corrected chi connectivity index (χ2v) is 5.73. The van der Waals surface area contributed by atoms with Crippen molar-refractivity contribution in [1.82, 2.24) is 20.4 Å². The van der Waals surface area contributed by atoms with Gasteiger partial charge in [-0.05, 0) is 18.8 Å². The summed E-state index contributed by atoms with van der Waals surface area (Å²) in [7, 11) is 0. The van der Waals surface area contributed by atoms with E-state index in [4.69, 9.17) is 5.11 Å². The van der Waals surface area contributed by atoms with E-state index in [2.05, 4.69) is 21.0 Å². The second kappa shape index (κ2) is 9.83. The molecule has 4 N–H and O–H groups in total. The van der Waals surface area contributed by atoms with Gasteiger partial charge < -0.3 is 15.7 Å². The van der Waals surface area contributed by atoms with Crippen LogP contribution in [-0.2, 0) is 11.3 Å². The van der Waals surface area contributed by atoms with E-state index in [9.17, 15) is 9.59 Å². The first kappa shape index (κ1) is 19.0. The number of urea groups is 1. The summed E-state index contributed by atoms with van der Waals surface area (Å²) in [4.78, 5) is 24.2. The predicted molar refractivity (Wildman–Crippen MR) is 88.0 cm³/mol. The summed E-state index contributed by atoms with van der Waals surface area (Å²) in [5.74, 6) is 0.527. The number of aryl methyl sites for hydroxylation is 1. The monoisotopic (exact) mass is 325 g/mol. The van der Waals surface area contributed by atoms with E-state index in [0.717, 1.165) is 6.42 Å². The van der Waals surface area contributed by atoms with Gasteiger partial charge in [0, 0.05) is 19.2 Å². The lowest BCUT2D eigenvalue weighted by Gasteiger charge is -2.20. The van der Waals surface area contributed by atoms with E-state index >= 15 is 0 Å². The average Bonchev–Trinajstić information content (AvgIpc) is 2.91. The van der Waals surface area contributed by atoms with Gasteiger partial charge in [-0.2, -0.15) is 5.10 Å². The zero-order chi connectivity index (χ0) is 17.2. The van der Waals surface area contributed by atoms with Crippen molar-refractivity contribution >= 4 is 17.8 Å². The van der Waals surface area contributed by atoms with E-state index in [1.54, 1.807) is 16.9 Å². The maximum Gasteiger partial charge on any atom is 0.321 e. The van der Waals surface area contributed by atoms with Crippen molar-refractivity contribution in [2.45, 2.75) is 46.2 Å². The molecule has 130 valence electrons. The van der Waals surface area contributed by atoms with Crippen molar-refractivity contribution in [1.29, 1.82) is 0 Å². The minimum Gasteiger partial charge on any atom is -0.395 e. The van der Waals surface area contributed by atoms with Crippen molar-refractivity contribution in [3.63, 3.8) is 0 Å². The highest BCUT2D eigenvalue weighted by Crippen LogP contribution is 2.08. The number of anilines is 1. The molecule has 8 heteroatoms. The molecule has 0 bridgehead atoms. The third-order valence-electron chi connectivity index (χ3n) is 3.13. The van der Waals surface area contributed by atoms with Crippen LogP contribution in [0, 0.1) is 5.92 Å². The van der Waals surface area contributed by atoms with Crippen LogP contribution < -0.4 is 16.0 Å². The van der Waals surface area contributed by atoms with Crippen LogP contribution in [0.3, 0.4) is 0 Å². The highest BCUT2D eigenvalue weighted by atomic mass is 16.3. The minimum absolute atomic E-state index is 0.136. The van der Waals surface area contributed by atoms with Crippen molar-refractivity contribution < 1.29 is 14.7 Å². The lowest BCUT2D eigenvalue weighted by atomic mass is 10.0. The van der Waals surface area contributed by atoms with Gasteiger partial charge in [-0.25, -0.2) is 9.48 Å². The Bertz CT molecular complexity index is 501. The first-order chi connectivity index (χ1) is 11.0. The van der Waals surface area contributed by atoms with Crippen LogP contribution in [0.1, 0.15) is 33.6 Å². The Morgan fingerprint density at radius 3 is 2.74 bits per heavy atom. The fourth-order valence-corrected chi connectivity index (χ4v) is 2.14. The number of amides is 3. The van der Waals surface area contributed by atoms with Gasteiger partial charge in [0.15, 0.2) is 0 Å². The number of hydrogen-bond acceptors (Lipinski definition) is 4. The number of aliphatic hydroxyl groups is 1. The maximum absolute atomic E-state index is 12.1. The third-order valence-corrected chi connectivity index (χ3v) is 3.13. The van der Waals surface area contributed by atoms with Gasteiger partial charge in [0.05, 0.1) is 12.8 Å². The molecule has 1 heterocycles. The summed E-state index contributed by atoms with van der Waals surface area (Å²) < 4.78 is 1.70. The van der Waals surface area contributed by atoms with Crippen molar-refractivity contribution in [2.75, 3.05) is 18.5 Å². The van der Waals surface area contributed by atoms with Gasteiger partial charge in [-0.1, -0.05) is 20.8 Å². The number of aliphatic hydroxyl groups excluding tert-OH is 1. The maximum atomic E-state index is 12.1. The van der Waals surface area contributed by atoms with Crippen LogP contribution >= 0.6 is 0 Å². The van der Waals surface area contributed by atoms with Gasteiger partial charge in [0.1, 0.15) is 11.9 Å². The minimum atomic E-state index is -0.649. The summed E-state index contributed by atoms with van der Waals surface area (Å²) in [6.45, 7) is 6.71. The molecule has 0 aliphatic heterocycles. The van der Waals surface area contributed by atoms with Crippen LogP contribution in [0.4, 0.5) is 10.6 Å². The average molecular weight is 325 g/mol. The summed E-state index contributed by atoms with van der Waals surface area (Å²) in [5, 5.41) is 20.9. The normalized spacial score (nSPS) is 12.0. The van der Waals surface area contributed by atoms with E-state index in [-0.39, 0.29) is 25.0 Å². The molecular formula is C15H27N5O3. The number of aromatic nitrogens is 2. The molecule has 0 fully saturated rings. The number of rotatable bonds is 9. The smallest absolute Gasteiger partial charge is 0.321 e. The predicted octanol–water partition coefficient (Wildman–Crippen LogP) is 0.938. The molecule has 23 heavy (non-hydrogen) atoms. The fraction of sp³-hybridized carbons (Fsp3) is 0.667. The molecule has 0 aromatic carbocycles. The SMILES string of the molecule is CCCn1nccc1NC(=O)N[C@@H](CC(C)C)C(=O)NCCO. The molecule has 0 radical (unpaired) electrons. The van der Waals surface area contributed by atoms with Gasteiger partial charge in [0.25, 0.3) is 0 Å². The fourth-order valence-electron chi connectivity index (χ4n) is 2.14. The molecule has 0 saturated heterocycles. The highest BCUT2D eigenvalue weighted by Gasteiger charge is 2.22. The first-order valence-electron chi connectivity index (χ1n) is 7.95. The summed E-state index contributed by atoms with van der Waals surface area (Å²) in [6, 6.07) is 0.607. The molecule has 0 unspecified atom stereocenters. The zero-order valence-corrected chi connectivity index (χ0v) is 14.0. The molecule has 0 aliphatic rings. The lowest BCUT2D eigenvalue weighted by molar-refractivity contribution is -0.123. The standard InChI is InChI=1S/C15H27N5O3/c1-4-8-20-13(5-6-17-20)19-15(23)18-12(10-11(2)3)14(22)16-7-9-21/h5-6,11-12,21H,4,7-10H2,1-3H3,(H,16,22)(H2,18,19,23)/t12-/m0/s1. The largest absolute Gasteiger partial charge is 0.395 e. The van der Waals surface area contributed by atoms with Crippen LogP contribution in [0.5, 0.6) is 0 Å². The quantitative estimate of drug-likeness (QED) is 0.542. The lowest BCUT2D eigenvalue weighted by Crippen LogP contribution is -2.49. The number of hydrogen-bond donors (Lipinski definition) is 4. The number of nitrogens with one attached hydrogen (secondary N) is 3. The van der Waals surface area contributed by atoms with Crippen molar-refractivity contribution in [3.8, 4) is 0 Å². The number of carbonyl (C=O) groups excluding carboxylic acids is 2. The molecule has 1 aromatic heterocycles. The van der Waals surface area contributed by atoms with E-state index in [1.807, 2.05) is 20.8 Å². The molecule has 0 spiro atoms. The molecule has 8 nitrogen and oxygen atoms in total. The first-order valence-corrected chi connectivity index (χ1v) is 7.95. The van der Waals surface area contributed by atoms with E-state index < -0.39 is 12.1 Å². The van der Waals surface area contributed by atoms with Gasteiger partial charge >= 0.3 is 6.03 Å². The Balaban J connectivity index is 2.64. The Kier molecular flexibility index (Phi) is 8.10. The molecule has 0 aliphatic carbocycles. The number of carbonyl (C=O) groups is 2. The van der Waals surface area contributed by atoms with Crippen LogP contribution in [0.2, 0.25) is 0 Å². The Hall–Kier alpha value is -2.09. The van der Waals surface area contributed by atoms with Crippen LogP contribution in [0.15, 0.2) is 12.3 Å². The molecule has 1 atom stereocenters. The third kappa shape index (κ3) is 6.68. The van der Waals surface area contributed by atoms with Gasteiger partial charge in [0.2, 0.25) is 5.91 Å². The molecule has 1 aromatic rings. The van der Waals surface area contributed by atoms with Crippen molar-refractivity contribution in [3.05, 3.63) is 12.3 Å². The van der Waals surface area contributed by atoms with Gasteiger partial charge in [-0.3, -0.25) is 10.1 Å². The zero-order valence-electron chi connectivity index (χ0n) is 14.0. The summed E-state index contributed by atoms with van der Waals surface area (Å²) in [6.07, 6.45) is 3.03. The molecule has 1 rings (SSSR count). The molecule has 0 saturated carbocycles. The topological polar surface area (TPSA) is 108 Å². The Morgan fingerprint density at radius 1 is 1.39 bits per heavy atom. The summed E-state index contributed by atoms with van der Waals surface area (Å²) in [5.41, 5.74) is 0. The van der Waals surface area contributed by atoms with E-state index in [1.165, 1.54) is 0 Å². The van der Waals surface area contributed by atoms with Crippen LogP contribution in [-0.4, -0.2) is 46.0 Å². The second-order valence-electron chi connectivity index (χ2n) is 5.73. The van der Waals surface area contributed by atoms with Gasteiger partial charge in [-0.15, -0.1) is 0 Å². The van der Waals surface area contributed by atoms with Crippen molar-refractivity contribution in [2.24, 2.45) is 5.92 Å². The highest BCUT2D eigenvalue weighted by molar-refractivity contribution is 5.93. The molecular weight excluding hydrogens is 298 g/mol. The Morgan fingerprint density at radius 2 is 2.13 bits per heavy atom. The Labute approximate surface area is 136 Å². The molecule has 3 amide bonds. The summed E-state index contributed by atoms with van der Waals surface area (Å²) >= 11 is 0. The van der Waals surface area contributed by atoms with Crippen LogP contribution in [0.25, 0.3) is 0 Å². The van der Waals surface area contributed by atoms with E-state index in [0.29, 0.717) is 18.8 Å². The number of nitrogens with zero attached hydrogens (tertiary/aromatic N) is 2.